The summed E-state index contributed by atoms with van der Waals surface area (Å²) in [7, 11) is 0. The van der Waals surface area contributed by atoms with Gasteiger partial charge in [0.05, 0.1) is 0 Å². The van der Waals surface area contributed by atoms with Crippen LogP contribution in [0.15, 0.2) is 30.3 Å². The Kier molecular flexibility index (Phi) is 4.25. The molecule has 0 atom stereocenters. The number of carbonyl (C=O) groups is 2. The molecule has 0 aromatic heterocycles. The van der Waals surface area contributed by atoms with Crippen LogP contribution < -0.4 is 5.32 Å². The van der Waals surface area contributed by atoms with Crippen LogP contribution in [0, 0.1) is 0 Å². The van der Waals surface area contributed by atoms with Gasteiger partial charge in [-0.3, -0.25) is 4.79 Å². The van der Waals surface area contributed by atoms with Crippen molar-refractivity contribution in [1.29, 1.82) is 0 Å². The second-order valence-corrected chi connectivity index (χ2v) is 5.34. The molecular formula is C15H17F2NO3. The van der Waals surface area contributed by atoms with Gasteiger partial charge in [-0.15, -0.1) is 0 Å². The van der Waals surface area contributed by atoms with Crippen LogP contribution in [-0.4, -0.2) is 22.5 Å². The van der Waals surface area contributed by atoms with E-state index in [4.69, 9.17) is 0 Å². The number of benzene rings is 1. The molecule has 1 saturated carbocycles. The maximum absolute atomic E-state index is 14.1. The van der Waals surface area contributed by atoms with Crippen LogP contribution in [0.1, 0.15) is 37.7 Å². The van der Waals surface area contributed by atoms with Crippen molar-refractivity contribution in [3.63, 3.8) is 0 Å². The third-order valence-corrected chi connectivity index (χ3v) is 3.89. The van der Waals surface area contributed by atoms with Gasteiger partial charge in [0.25, 0.3) is 5.91 Å². The lowest BCUT2D eigenvalue weighted by atomic mass is 9.81. The number of amides is 1. The zero-order valence-corrected chi connectivity index (χ0v) is 11.4. The molecule has 1 aromatic rings. The molecular weight excluding hydrogens is 280 g/mol. The third-order valence-electron chi connectivity index (χ3n) is 3.89. The van der Waals surface area contributed by atoms with Crippen LogP contribution in [-0.2, 0) is 15.5 Å². The molecule has 1 fully saturated rings. The second-order valence-electron chi connectivity index (χ2n) is 5.34. The Balaban J connectivity index is 2.21. The summed E-state index contributed by atoms with van der Waals surface area (Å²) >= 11 is 0. The molecule has 0 heterocycles. The van der Waals surface area contributed by atoms with Crippen molar-refractivity contribution in [2.75, 3.05) is 0 Å². The summed E-state index contributed by atoms with van der Waals surface area (Å²) < 4.78 is 28.3. The number of carbonyl (C=O) groups excluding carboxylic acids is 1. The van der Waals surface area contributed by atoms with E-state index >= 15 is 0 Å². The Hall–Kier alpha value is -1.98. The molecule has 1 aliphatic rings. The number of carboxylic acid groups (broad SMARTS) is 1. The van der Waals surface area contributed by atoms with Gasteiger partial charge < -0.3 is 10.4 Å². The largest absolute Gasteiger partial charge is 0.480 e. The highest BCUT2D eigenvalue weighted by atomic mass is 19.3. The predicted molar refractivity (Wildman–Crippen MR) is 71.9 cm³/mol. The van der Waals surface area contributed by atoms with Crippen molar-refractivity contribution in [2.45, 2.75) is 43.6 Å². The highest BCUT2D eigenvalue weighted by Crippen LogP contribution is 2.33. The Bertz CT molecular complexity index is 525. The highest BCUT2D eigenvalue weighted by Gasteiger charge is 2.48. The Morgan fingerprint density at radius 1 is 1.10 bits per heavy atom. The standard InChI is InChI=1S/C15H17F2NO3/c16-15(17,11-7-3-1-4-8-11)12(19)18-14(13(20)21)9-5-2-6-10-14/h1,3-4,7-8H,2,5-6,9-10H2,(H,18,19)(H,20,21). The predicted octanol–water partition coefficient (Wildman–Crippen LogP) is 2.68. The Morgan fingerprint density at radius 3 is 2.19 bits per heavy atom. The number of halogens is 2. The number of carboxylic acids is 1. The van der Waals surface area contributed by atoms with E-state index < -0.39 is 28.9 Å². The number of nitrogens with one attached hydrogen (secondary N) is 1. The van der Waals surface area contributed by atoms with E-state index in [0.29, 0.717) is 12.8 Å². The number of rotatable bonds is 4. The van der Waals surface area contributed by atoms with Crippen LogP contribution in [0.2, 0.25) is 0 Å². The topological polar surface area (TPSA) is 66.4 Å². The van der Waals surface area contributed by atoms with Gasteiger partial charge in [0.15, 0.2) is 0 Å². The van der Waals surface area contributed by atoms with Crippen molar-refractivity contribution < 1.29 is 23.5 Å². The molecule has 1 amide bonds. The van der Waals surface area contributed by atoms with Crippen LogP contribution in [0.25, 0.3) is 0 Å². The SMILES string of the molecule is O=C(O)C1(NC(=O)C(F)(F)c2ccccc2)CCCCC1. The van der Waals surface area contributed by atoms with E-state index in [9.17, 15) is 23.5 Å². The van der Waals surface area contributed by atoms with Gasteiger partial charge in [-0.1, -0.05) is 49.6 Å². The summed E-state index contributed by atoms with van der Waals surface area (Å²) in [6.45, 7) is 0. The maximum atomic E-state index is 14.1. The van der Waals surface area contributed by atoms with Gasteiger partial charge in [-0.25, -0.2) is 4.79 Å². The average Bonchev–Trinajstić information content (AvgIpc) is 2.49. The molecule has 1 aliphatic carbocycles. The summed E-state index contributed by atoms with van der Waals surface area (Å²) in [5.41, 5.74) is -2.02. The minimum Gasteiger partial charge on any atom is -0.480 e. The maximum Gasteiger partial charge on any atom is 0.349 e. The van der Waals surface area contributed by atoms with Gasteiger partial charge in [-0.05, 0) is 12.8 Å². The van der Waals surface area contributed by atoms with E-state index in [1.54, 1.807) is 6.07 Å². The van der Waals surface area contributed by atoms with E-state index in [2.05, 4.69) is 5.32 Å². The molecule has 21 heavy (non-hydrogen) atoms. The molecule has 0 saturated heterocycles. The van der Waals surface area contributed by atoms with Crippen LogP contribution in [0.4, 0.5) is 8.78 Å². The van der Waals surface area contributed by atoms with Crippen molar-refractivity contribution in [2.24, 2.45) is 0 Å². The number of alkyl halides is 2. The van der Waals surface area contributed by atoms with Crippen molar-refractivity contribution in [1.82, 2.24) is 5.32 Å². The molecule has 0 spiro atoms. The van der Waals surface area contributed by atoms with Gasteiger partial charge in [0.1, 0.15) is 5.54 Å². The Morgan fingerprint density at radius 2 is 1.67 bits per heavy atom. The molecule has 1 aromatic carbocycles. The van der Waals surface area contributed by atoms with Crippen LogP contribution in [0.5, 0.6) is 0 Å². The molecule has 2 rings (SSSR count). The summed E-state index contributed by atoms with van der Waals surface area (Å²) in [6, 6.07) is 6.67. The fourth-order valence-electron chi connectivity index (χ4n) is 2.62. The number of aliphatic carboxylic acids is 1. The van der Waals surface area contributed by atoms with E-state index in [-0.39, 0.29) is 12.8 Å². The fourth-order valence-corrected chi connectivity index (χ4v) is 2.62. The summed E-state index contributed by atoms with van der Waals surface area (Å²) in [4.78, 5) is 23.3. The summed E-state index contributed by atoms with van der Waals surface area (Å²) in [5, 5.41) is 11.4. The number of hydrogen-bond donors (Lipinski definition) is 2. The number of hydrogen-bond acceptors (Lipinski definition) is 2. The molecule has 114 valence electrons. The normalized spacial score (nSPS) is 18.0. The smallest absolute Gasteiger partial charge is 0.349 e. The lowest BCUT2D eigenvalue weighted by Gasteiger charge is -2.35. The minimum atomic E-state index is -3.75. The van der Waals surface area contributed by atoms with Gasteiger partial charge >= 0.3 is 11.9 Å². The first-order valence-electron chi connectivity index (χ1n) is 6.88. The molecule has 0 aliphatic heterocycles. The lowest BCUT2D eigenvalue weighted by molar-refractivity contribution is -0.158. The second kappa shape index (κ2) is 5.79. The molecule has 0 unspecified atom stereocenters. The monoisotopic (exact) mass is 297 g/mol. The molecule has 0 bridgehead atoms. The van der Waals surface area contributed by atoms with Crippen molar-refractivity contribution in [3.8, 4) is 0 Å². The zero-order chi connectivity index (χ0) is 15.5. The summed E-state index contributed by atoms with van der Waals surface area (Å²) in [6.07, 6.45) is 2.41. The quantitative estimate of drug-likeness (QED) is 0.898. The minimum absolute atomic E-state index is 0.180. The average molecular weight is 297 g/mol. The zero-order valence-electron chi connectivity index (χ0n) is 11.4. The molecule has 6 heteroatoms. The van der Waals surface area contributed by atoms with E-state index in [0.717, 1.165) is 18.6 Å². The van der Waals surface area contributed by atoms with Crippen molar-refractivity contribution in [3.05, 3.63) is 35.9 Å². The van der Waals surface area contributed by atoms with Crippen LogP contribution in [0.3, 0.4) is 0 Å². The first-order valence-corrected chi connectivity index (χ1v) is 6.88. The van der Waals surface area contributed by atoms with E-state index in [1.807, 2.05) is 0 Å². The Labute approximate surface area is 121 Å². The molecule has 2 N–H and O–H groups in total. The molecule has 4 nitrogen and oxygen atoms in total. The fraction of sp³-hybridized carbons (Fsp3) is 0.467. The van der Waals surface area contributed by atoms with Crippen molar-refractivity contribution >= 4 is 11.9 Å². The van der Waals surface area contributed by atoms with Gasteiger partial charge in [0.2, 0.25) is 0 Å². The van der Waals surface area contributed by atoms with Gasteiger partial charge in [0, 0.05) is 5.56 Å². The van der Waals surface area contributed by atoms with E-state index in [1.165, 1.54) is 12.1 Å². The third kappa shape index (κ3) is 3.04. The first-order chi connectivity index (χ1) is 9.88. The summed E-state index contributed by atoms with van der Waals surface area (Å²) in [5.74, 6) is -6.56. The lowest BCUT2D eigenvalue weighted by Crippen LogP contribution is -2.58. The highest BCUT2D eigenvalue weighted by molar-refractivity contribution is 5.91. The first kappa shape index (κ1) is 15.4. The molecule has 0 radical (unpaired) electrons. The van der Waals surface area contributed by atoms with Crippen LogP contribution >= 0.6 is 0 Å². The van der Waals surface area contributed by atoms with Gasteiger partial charge in [-0.2, -0.15) is 8.78 Å².